The standard InChI is InChI=1S/C15H27NO/c1-12-6-14-9-16(11-15(14,2)7-12)8-13-4-3-5-17-10-13/h12-14H,3-11H2,1-2H3/t12-,13?,14+,15-/m0/s1. The summed E-state index contributed by atoms with van der Waals surface area (Å²) in [5.41, 5.74) is 0.634. The Morgan fingerprint density at radius 3 is 3.00 bits per heavy atom. The zero-order valence-corrected chi connectivity index (χ0v) is 11.5. The zero-order chi connectivity index (χ0) is 11.9. The van der Waals surface area contributed by atoms with Crippen molar-refractivity contribution < 1.29 is 4.74 Å². The second kappa shape index (κ2) is 4.55. The van der Waals surface area contributed by atoms with Crippen LogP contribution in [0.5, 0.6) is 0 Å². The highest BCUT2D eigenvalue weighted by atomic mass is 16.5. The van der Waals surface area contributed by atoms with Gasteiger partial charge in [-0.3, -0.25) is 0 Å². The lowest BCUT2D eigenvalue weighted by atomic mass is 9.83. The lowest BCUT2D eigenvalue weighted by molar-refractivity contribution is 0.0398. The minimum absolute atomic E-state index is 0.634. The van der Waals surface area contributed by atoms with Crippen LogP contribution in [0.4, 0.5) is 0 Å². The molecular weight excluding hydrogens is 210 g/mol. The molecule has 2 heterocycles. The molecule has 0 radical (unpaired) electrons. The van der Waals surface area contributed by atoms with Gasteiger partial charge in [0.25, 0.3) is 0 Å². The summed E-state index contributed by atoms with van der Waals surface area (Å²) in [5, 5.41) is 0. The van der Waals surface area contributed by atoms with Crippen molar-refractivity contribution in [1.29, 1.82) is 0 Å². The molecule has 2 aliphatic heterocycles. The summed E-state index contributed by atoms with van der Waals surface area (Å²) >= 11 is 0. The fourth-order valence-electron chi connectivity index (χ4n) is 4.65. The van der Waals surface area contributed by atoms with Crippen LogP contribution in [-0.4, -0.2) is 37.7 Å². The third-order valence-electron chi connectivity index (χ3n) is 5.32. The molecule has 17 heavy (non-hydrogen) atoms. The van der Waals surface area contributed by atoms with Crippen LogP contribution in [-0.2, 0) is 4.74 Å². The third-order valence-corrected chi connectivity index (χ3v) is 5.32. The van der Waals surface area contributed by atoms with Crippen LogP contribution in [0, 0.1) is 23.2 Å². The molecule has 3 fully saturated rings. The summed E-state index contributed by atoms with van der Waals surface area (Å²) in [5.74, 6) is 2.75. The van der Waals surface area contributed by atoms with Crippen molar-refractivity contribution in [1.82, 2.24) is 4.90 Å². The predicted molar refractivity (Wildman–Crippen MR) is 70.0 cm³/mol. The molecule has 0 aromatic carbocycles. The molecule has 0 N–H and O–H groups in total. The highest BCUT2D eigenvalue weighted by molar-refractivity contribution is 5.00. The first kappa shape index (κ1) is 12.0. The number of hydrogen-bond donors (Lipinski definition) is 0. The van der Waals surface area contributed by atoms with Gasteiger partial charge in [-0.05, 0) is 48.9 Å². The van der Waals surface area contributed by atoms with Gasteiger partial charge in [-0.15, -0.1) is 0 Å². The largest absolute Gasteiger partial charge is 0.381 e. The Morgan fingerprint density at radius 1 is 1.41 bits per heavy atom. The van der Waals surface area contributed by atoms with Gasteiger partial charge in [0.05, 0.1) is 6.61 Å². The molecule has 4 atom stereocenters. The number of ether oxygens (including phenoxy) is 1. The van der Waals surface area contributed by atoms with Crippen LogP contribution >= 0.6 is 0 Å². The number of fused-ring (bicyclic) bond motifs is 1. The van der Waals surface area contributed by atoms with E-state index in [1.165, 1.54) is 45.3 Å². The van der Waals surface area contributed by atoms with E-state index in [0.29, 0.717) is 5.41 Å². The van der Waals surface area contributed by atoms with Gasteiger partial charge in [-0.25, -0.2) is 0 Å². The molecule has 2 nitrogen and oxygen atoms in total. The highest BCUT2D eigenvalue weighted by Crippen LogP contribution is 2.50. The number of hydrogen-bond acceptors (Lipinski definition) is 2. The Morgan fingerprint density at radius 2 is 2.29 bits per heavy atom. The first-order valence-corrected chi connectivity index (χ1v) is 7.46. The maximum Gasteiger partial charge on any atom is 0.0506 e. The Balaban J connectivity index is 1.54. The topological polar surface area (TPSA) is 12.5 Å². The fraction of sp³-hybridized carbons (Fsp3) is 1.00. The summed E-state index contributed by atoms with van der Waals surface area (Å²) in [4.78, 5) is 2.73. The Hall–Kier alpha value is -0.0800. The van der Waals surface area contributed by atoms with Crippen molar-refractivity contribution in [2.24, 2.45) is 23.2 Å². The van der Waals surface area contributed by atoms with Crippen molar-refractivity contribution in [3.8, 4) is 0 Å². The van der Waals surface area contributed by atoms with E-state index >= 15 is 0 Å². The van der Waals surface area contributed by atoms with Crippen molar-refractivity contribution in [3.05, 3.63) is 0 Å². The summed E-state index contributed by atoms with van der Waals surface area (Å²) in [6.45, 7) is 11.0. The van der Waals surface area contributed by atoms with Crippen molar-refractivity contribution in [2.45, 2.75) is 39.5 Å². The van der Waals surface area contributed by atoms with Crippen LogP contribution in [0.25, 0.3) is 0 Å². The third kappa shape index (κ3) is 2.39. The predicted octanol–water partition coefficient (Wildman–Crippen LogP) is 2.78. The average Bonchev–Trinajstić information content (AvgIpc) is 2.69. The van der Waals surface area contributed by atoms with Gasteiger partial charge in [0, 0.05) is 26.2 Å². The molecule has 98 valence electrons. The second-order valence-corrected chi connectivity index (χ2v) is 7.17. The number of rotatable bonds is 2. The smallest absolute Gasteiger partial charge is 0.0506 e. The Bertz CT molecular complexity index is 274. The molecule has 2 heteroatoms. The number of likely N-dealkylation sites (tertiary alicyclic amines) is 1. The molecule has 0 spiro atoms. The quantitative estimate of drug-likeness (QED) is 0.732. The van der Waals surface area contributed by atoms with Crippen LogP contribution in [0.2, 0.25) is 0 Å². The fourth-order valence-corrected chi connectivity index (χ4v) is 4.65. The maximum absolute atomic E-state index is 5.60. The SMILES string of the molecule is C[C@H]1C[C@@H]2CN(CC3CCCOC3)C[C@]2(C)C1. The van der Waals surface area contributed by atoms with E-state index in [1.54, 1.807) is 0 Å². The normalized spacial score (nSPS) is 47.3. The zero-order valence-electron chi connectivity index (χ0n) is 11.5. The first-order valence-electron chi connectivity index (χ1n) is 7.46. The summed E-state index contributed by atoms with van der Waals surface area (Å²) in [7, 11) is 0. The average molecular weight is 237 g/mol. The maximum atomic E-state index is 5.60. The lowest BCUT2D eigenvalue weighted by Gasteiger charge is -2.28. The van der Waals surface area contributed by atoms with E-state index in [2.05, 4.69) is 18.7 Å². The van der Waals surface area contributed by atoms with Crippen molar-refractivity contribution in [2.75, 3.05) is 32.8 Å². The molecule has 1 saturated carbocycles. The molecule has 1 aliphatic carbocycles. The van der Waals surface area contributed by atoms with E-state index in [4.69, 9.17) is 4.74 Å². The molecule has 2 saturated heterocycles. The van der Waals surface area contributed by atoms with Gasteiger partial charge < -0.3 is 9.64 Å². The number of nitrogens with zero attached hydrogens (tertiary/aromatic N) is 1. The van der Waals surface area contributed by atoms with Gasteiger partial charge in [0.2, 0.25) is 0 Å². The lowest BCUT2D eigenvalue weighted by Crippen LogP contribution is -2.33. The van der Waals surface area contributed by atoms with E-state index in [0.717, 1.165) is 31.0 Å². The second-order valence-electron chi connectivity index (χ2n) is 7.17. The van der Waals surface area contributed by atoms with Crippen molar-refractivity contribution in [3.63, 3.8) is 0 Å². The summed E-state index contributed by atoms with van der Waals surface area (Å²) in [6.07, 6.45) is 5.58. The molecule has 0 aromatic rings. The van der Waals surface area contributed by atoms with Crippen LogP contribution in [0.15, 0.2) is 0 Å². The summed E-state index contributed by atoms with van der Waals surface area (Å²) < 4.78 is 5.60. The monoisotopic (exact) mass is 237 g/mol. The molecule has 0 aromatic heterocycles. The van der Waals surface area contributed by atoms with E-state index in [9.17, 15) is 0 Å². The minimum atomic E-state index is 0.634. The van der Waals surface area contributed by atoms with Gasteiger partial charge in [0.1, 0.15) is 0 Å². The van der Waals surface area contributed by atoms with E-state index < -0.39 is 0 Å². The minimum Gasteiger partial charge on any atom is -0.381 e. The van der Waals surface area contributed by atoms with Crippen molar-refractivity contribution >= 4 is 0 Å². The van der Waals surface area contributed by atoms with Gasteiger partial charge in [-0.2, -0.15) is 0 Å². The van der Waals surface area contributed by atoms with Crippen LogP contribution < -0.4 is 0 Å². The Kier molecular flexibility index (Phi) is 3.20. The molecule has 0 bridgehead atoms. The molecule has 3 aliphatic rings. The molecule has 1 unspecified atom stereocenters. The van der Waals surface area contributed by atoms with Crippen LogP contribution in [0.3, 0.4) is 0 Å². The van der Waals surface area contributed by atoms with Gasteiger partial charge in [0.15, 0.2) is 0 Å². The molecule has 3 rings (SSSR count). The Labute approximate surface area is 106 Å². The van der Waals surface area contributed by atoms with Gasteiger partial charge in [-0.1, -0.05) is 13.8 Å². The van der Waals surface area contributed by atoms with Crippen LogP contribution in [0.1, 0.15) is 39.5 Å². The first-order chi connectivity index (χ1) is 8.16. The highest BCUT2D eigenvalue weighted by Gasteiger charge is 2.48. The van der Waals surface area contributed by atoms with Gasteiger partial charge >= 0.3 is 0 Å². The molecule has 0 amide bonds. The summed E-state index contributed by atoms with van der Waals surface area (Å²) in [6, 6.07) is 0. The van der Waals surface area contributed by atoms with E-state index in [-0.39, 0.29) is 0 Å². The molecular formula is C15H27NO. The van der Waals surface area contributed by atoms with E-state index in [1.807, 2.05) is 0 Å².